The van der Waals surface area contributed by atoms with E-state index in [1.54, 1.807) is 38.1 Å². The van der Waals surface area contributed by atoms with Gasteiger partial charge in [0.25, 0.3) is 0 Å². The van der Waals surface area contributed by atoms with Gasteiger partial charge >= 0.3 is 0 Å². The highest BCUT2D eigenvalue weighted by Crippen LogP contribution is 2.36. The van der Waals surface area contributed by atoms with Crippen molar-refractivity contribution in [1.29, 1.82) is 0 Å². The summed E-state index contributed by atoms with van der Waals surface area (Å²) >= 11 is 1.48. The van der Waals surface area contributed by atoms with Crippen LogP contribution < -0.4 is 10.2 Å². The van der Waals surface area contributed by atoms with Crippen LogP contribution in [0.15, 0.2) is 58.3 Å². The maximum Gasteiger partial charge on any atom is 0.244 e. The summed E-state index contributed by atoms with van der Waals surface area (Å²) in [5.41, 5.74) is 1.09. The van der Waals surface area contributed by atoms with Crippen molar-refractivity contribution in [1.82, 2.24) is 4.31 Å². The Bertz CT molecular complexity index is 1020. The van der Waals surface area contributed by atoms with E-state index >= 15 is 0 Å². The Morgan fingerprint density at radius 2 is 1.83 bits per heavy atom. The van der Waals surface area contributed by atoms with Gasteiger partial charge in [-0.05, 0) is 30.3 Å². The minimum absolute atomic E-state index is 0.119. The molecule has 0 aromatic heterocycles. The van der Waals surface area contributed by atoms with Crippen LogP contribution in [-0.2, 0) is 19.6 Å². The molecule has 3 rings (SSSR count). The topological polar surface area (TPSA) is 86.8 Å². The lowest BCUT2D eigenvalue weighted by atomic mass is 10.2. The Balaban J connectivity index is 1.93. The Labute approximate surface area is 181 Å². The summed E-state index contributed by atoms with van der Waals surface area (Å²) in [6.45, 7) is 4.09. The van der Waals surface area contributed by atoms with Crippen LogP contribution in [0.3, 0.4) is 0 Å². The second-order valence-electron chi connectivity index (χ2n) is 6.71. The van der Waals surface area contributed by atoms with E-state index in [4.69, 9.17) is 0 Å². The number of hydrogen-bond donors (Lipinski definition) is 1. The van der Waals surface area contributed by atoms with Crippen LogP contribution in [0.1, 0.15) is 20.3 Å². The molecule has 0 spiro atoms. The van der Waals surface area contributed by atoms with Gasteiger partial charge in [0.1, 0.15) is 6.54 Å². The van der Waals surface area contributed by atoms with E-state index in [0.29, 0.717) is 30.2 Å². The number of nitrogens with zero attached hydrogens (tertiary/aromatic N) is 2. The van der Waals surface area contributed by atoms with E-state index < -0.39 is 10.0 Å². The van der Waals surface area contributed by atoms with E-state index in [9.17, 15) is 18.0 Å². The van der Waals surface area contributed by atoms with Crippen LogP contribution in [0.25, 0.3) is 0 Å². The van der Waals surface area contributed by atoms with Gasteiger partial charge in [-0.1, -0.05) is 32.0 Å². The number of nitrogens with one attached hydrogen (secondary N) is 1. The quantitative estimate of drug-likeness (QED) is 0.704. The number of para-hydroxylation sites is 1. The molecule has 1 aliphatic heterocycles. The van der Waals surface area contributed by atoms with Crippen molar-refractivity contribution in [2.75, 3.05) is 35.6 Å². The van der Waals surface area contributed by atoms with E-state index in [2.05, 4.69) is 5.32 Å². The van der Waals surface area contributed by atoms with Crippen molar-refractivity contribution in [2.45, 2.75) is 30.1 Å². The Hall–Kier alpha value is -2.36. The largest absolute Gasteiger partial charge is 0.325 e. The van der Waals surface area contributed by atoms with Crippen LogP contribution in [0.4, 0.5) is 11.4 Å². The minimum atomic E-state index is -3.68. The van der Waals surface area contributed by atoms with Crippen LogP contribution in [0.5, 0.6) is 0 Å². The lowest BCUT2D eigenvalue weighted by molar-refractivity contribution is -0.121. The Morgan fingerprint density at radius 3 is 2.50 bits per heavy atom. The second-order valence-corrected chi connectivity index (χ2v) is 9.79. The average molecular weight is 448 g/mol. The zero-order valence-electron chi connectivity index (χ0n) is 17.0. The molecule has 0 saturated carbocycles. The molecule has 0 fully saturated rings. The van der Waals surface area contributed by atoms with Crippen molar-refractivity contribution in [3.63, 3.8) is 0 Å². The number of rotatable bonds is 7. The first kappa shape index (κ1) is 22.3. The molecular formula is C21H25N3O4S2. The average Bonchev–Trinajstić information content (AvgIpc) is 2.88. The first-order valence-electron chi connectivity index (χ1n) is 9.79. The molecule has 0 saturated heterocycles. The van der Waals surface area contributed by atoms with Gasteiger partial charge in [-0.15, -0.1) is 11.8 Å². The van der Waals surface area contributed by atoms with Gasteiger partial charge in [0.2, 0.25) is 21.8 Å². The van der Waals surface area contributed by atoms with Crippen LogP contribution in [-0.4, -0.2) is 49.9 Å². The zero-order valence-corrected chi connectivity index (χ0v) is 18.6. The van der Waals surface area contributed by atoms with Gasteiger partial charge < -0.3 is 10.2 Å². The number of anilines is 2. The first-order chi connectivity index (χ1) is 14.4. The highest BCUT2D eigenvalue weighted by atomic mass is 32.2. The number of thioether (sulfide) groups is 1. The van der Waals surface area contributed by atoms with Crippen LogP contribution in [0, 0.1) is 0 Å². The number of benzene rings is 2. The standard InChI is InChI=1S/C21H25N3O4S2/c1-3-23(4-2)30(27,28)17-10-11-19-18(14-17)24(21(26)12-13-29-19)15-20(25)22-16-8-6-5-7-9-16/h5-11,14H,3-4,12-13,15H2,1-2H3,(H,22,25). The van der Waals surface area contributed by atoms with Crippen LogP contribution >= 0.6 is 11.8 Å². The molecule has 1 heterocycles. The fourth-order valence-electron chi connectivity index (χ4n) is 3.26. The van der Waals surface area contributed by atoms with Crippen molar-refractivity contribution >= 4 is 45.0 Å². The molecule has 2 amide bonds. The summed E-state index contributed by atoms with van der Waals surface area (Å²) in [4.78, 5) is 27.6. The van der Waals surface area contributed by atoms with Gasteiger partial charge in [-0.25, -0.2) is 8.42 Å². The molecule has 0 radical (unpaired) electrons. The number of fused-ring (bicyclic) bond motifs is 1. The molecule has 0 aliphatic carbocycles. The SMILES string of the molecule is CCN(CC)S(=O)(=O)c1ccc2c(c1)N(CC(=O)Nc1ccccc1)C(=O)CCS2. The van der Waals surface area contributed by atoms with E-state index in [1.165, 1.54) is 27.0 Å². The van der Waals surface area contributed by atoms with Gasteiger partial charge in [0.05, 0.1) is 10.6 Å². The number of amides is 2. The molecule has 0 unspecified atom stereocenters. The number of hydrogen-bond acceptors (Lipinski definition) is 5. The zero-order chi connectivity index (χ0) is 21.7. The third-order valence-electron chi connectivity index (χ3n) is 4.80. The molecule has 7 nitrogen and oxygen atoms in total. The highest BCUT2D eigenvalue weighted by Gasteiger charge is 2.28. The monoisotopic (exact) mass is 447 g/mol. The molecule has 2 aromatic rings. The normalized spacial score (nSPS) is 14.4. The third kappa shape index (κ3) is 4.85. The summed E-state index contributed by atoms with van der Waals surface area (Å²) in [6, 6.07) is 13.8. The van der Waals surface area contributed by atoms with Crippen molar-refractivity contribution < 1.29 is 18.0 Å². The van der Waals surface area contributed by atoms with E-state index in [0.717, 1.165) is 4.90 Å². The number of carbonyl (C=O) groups excluding carboxylic acids is 2. The van der Waals surface area contributed by atoms with Crippen molar-refractivity contribution in [3.8, 4) is 0 Å². The number of carbonyl (C=O) groups is 2. The maximum absolute atomic E-state index is 13.0. The van der Waals surface area contributed by atoms with Gasteiger partial charge in [0.15, 0.2) is 0 Å². The fraction of sp³-hybridized carbons (Fsp3) is 0.333. The second kappa shape index (κ2) is 9.63. The van der Waals surface area contributed by atoms with Gasteiger partial charge in [-0.3, -0.25) is 9.59 Å². The minimum Gasteiger partial charge on any atom is -0.325 e. The van der Waals surface area contributed by atoms with Gasteiger partial charge in [-0.2, -0.15) is 4.31 Å². The lowest BCUT2D eigenvalue weighted by Gasteiger charge is -2.24. The lowest BCUT2D eigenvalue weighted by Crippen LogP contribution is -2.38. The van der Waals surface area contributed by atoms with E-state index in [-0.39, 0.29) is 29.7 Å². The molecule has 30 heavy (non-hydrogen) atoms. The molecule has 0 bridgehead atoms. The summed E-state index contributed by atoms with van der Waals surface area (Å²) in [5.74, 6) is 0.0244. The van der Waals surface area contributed by atoms with Crippen molar-refractivity contribution in [3.05, 3.63) is 48.5 Å². The summed E-state index contributed by atoms with van der Waals surface area (Å²) in [5, 5.41) is 2.78. The third-order valence-corrected chi connectivity index (χ3v) is 7.91. The predicted molar refractivity (Wildman–Crippen MR) is 119 cm³/mol. The smallest absolute Gasteiger partial charge is 0.244 e. The summed E-state index contributed by atoms with van der Waals surface area (Å²) in [7, 11) is -3.68. The highest BCUT2D eigenvalue weighted by molar-refractivity contribution is 7.99. The summed E-state index contributed by atoms with van der Waals surface area (Å²) in [6.07, 6.45) is 0.274. The molecule has 1 aliphatic rings. The number of sulfonamides is 1. The fourth-order valence-corrected chi connectivity index (χ4v) is 5.72. The summed E-state index contributed by atoms with van der Waals surface area (Å²) < 4.78 is 27.3. The predicted octanol–water partition coefficient (Wildman–Crippen LogP) is 3.18. The van der Waals surface area contributed by atoms with Gasteiger partial charge in [0, 0.05) is 35.8 Å². The molecule has 2 aromatic carbocycles. The first-order valence-corrected chi connectivity index (χ1v) is 12.2. The molecule has 1 N–H and O–H groups in total. The van der Waals surface area contributed by atoms with E-state index in [1.807, 2.05) is 18.2 Å². The van der Waals surface area contributed by atoms with Crippen LogP contribution in [0.2, 0.25) is 0 Å². The molecule has 9 heteroatoms. The maximum atomic E-state index is 13.0. The molecule has 160 valence electrons. The Morgan fingerprint density at radius 1 is 1.13 bits per heavy atom. The Kier molecular flexibility index (Phi) is 7.17. The molecule has 0 atom stereocenters. The van der Waals surface area contributed by atoms with Crippen molar-refractivity contribution in [2.24, 2.45) is 0 Å². The molecular weight excluding hydrogens is 422 g/mol.